The number of hydrogen-bond acceptors (Lipinski definition) is 4. The van der Waals surface area contributed by atoms with Crippen LogP contribution in [0.2, 0.25) is 0 Å². The fraction of sp³-hybridized carbons (Fsp3) is 0.429. The Balaban J connectivity index is 3.30. The Hall–Kier alpha value is -1.91. The molecule has 0 heterocycles. The number of rotatable bonds is 4. The van der Waals surface area contributed by atoms with Gasteiger partial charge in [0.15, 0.2) is 0 Å². The Morgan fingerprint density at radius 2 is 1.95 bits per heavy atom. The Kier molecular flexibility index (Phi) is 4.76. The minimum Gasteiger partial charge on any atom is -0.480 e. The number of nitriles is 1. The largest absolute Gasteiger partial charge is 0.480 e. The monoisotopic (exact) mass is 310 g/mol. The van der Waals surface area contributed by atoms with Gasteiger partial charge in [-0.2, -0.15) is 9.98 Å². The molecule has 0 saturated carbocycles. The van der Waals surface area contributed by atoms with E-state index < -0.39 is 27.4 Å². The van der Waals surface area contributed by atoms with E-state index in [0.29, 0.717) is 5.56 Å². The number of carboxylic acid groups (broad SMARTS) is 1. The summed E-state index contributed by atoms with van der Waals surface area (Å²) >= 11 is 0. The molecule has 6 nitrogen and oxygen atoms in total. The number of nitrogens with zero attached hydrogens (tertiary/aromatic N) is 1. The molecule has 0 aromatic heterocycles. The highest BCUT2D eigenvalue weighted by atomic mass is 32.2. The molecule has 0 saturated heterocycles. The van der Waals surface area contributed by atoms with Crippen LogP contribution in [0.1, 0.15) is 31.9 Å². The topological polar surface area (TPSA) is 107 Å². The van der Waals surface area contributed by atoms with E-state index in [-0.39, 0.29) is 10.5 Å². The van der Waals surface area contributed by atoms with Crippen LogP contribution in [0, 0.1) is 23.7 Å². The van der Waals surface area contributed by atoms with Crippen molar-refractivity contribution in [3.8, 4) is 6.07 Å². The van der Waals surface area contributed by atoms with E-state index >= 15 is 0 Å². The van der Waals surface area contributed by atoms with Gasteiger partial charge in [-0.25, -0.2) is 8.42 Å². The second kappa shape index (κ2) is 5.84. The van der Waals surface area contributed by atoms with Gasteiger partial charge >= 0.3 is 5.97 Å². The lowest BCUT2D eigenvalue weighted by atomic mass is 9.88. The van der Waals surface area contributed by atoms with Crippen LogP contribution in [-0.2, 0) is 14.8 Å². The van der Waals surface area contributed by atoms with Crippen LogP contribution < -0.4 is 4.72 Å². The molecule has 21 heavy (non-hydrogen) atoms. The summed E-state index contributed by atoms with van der Waals surface area (Å²) in [5, 5.41) is 18.1. The van der Waals surface area contributed by atoms with Crippen molar-refractivity contribution in [2.75, 3.05) is 0 Å². The fourth-order valence-corrected chi connectivity index (χ4v) is 3.44. The van der Waals surface area contributed by atoms with E-state index in [1.54, 1.807) is 27.7 Å². The molecule has 0 spiro atoms. The zero-order chi connectivity index (χ0) is 16.4. The third kappa shape index (κ3) is 4.03. The zero-order valence-corrected chi connectivity index (χ0v) is 13.2. The molecular formula is C14H18N2O4S. The molecule has 1 aromatic carbocycles. The Morgan fingerprint density at radius 1 is 1.38 bits per heavy atom. The van der Waals surface area contributed by atoms with Crippen LogP contribution in [0.15, 0.2) is 23.1 Å². The summed E-state index contributed by atoms with van der Waals surface area (Å²) in [5.74, 6) is -1.25. The second-order valence-corrected chi connectivity index (χ2v) is 7.53. The molecule has 0 radical (unpaired) electrons. The van der Waals surface area contributed by atoms with Crippen LogP contribution in [-0.4, -0.2) is 25.5 Å². The van der Waals surface area contributed by atoms with Gasteiger partial charge in [-0.15, -0.1) is 0 Å². The van der Waals surface area contributed by atoms with E-state index in [0.717, 1.165) is 0 Å². The molecule has 0 amide bonds. The van der Waals surface area contributed by atoms with Crippen molar-refractivity contribution in [2.24, 2.45) is 5.41 Å². The van der Waals surface area contributed by atoms with Crippen molar-refractivity contribution in [3.63, 3.8) is 0 Å². The maximum Gasteiger partial charge on any atom is 0.322 e. The molecule has 1 atom stereocenters. The van der Waals surface area contributed by atoms with Crippen molar-refractivity contribution in [3.05, 3.63) is 29.3 Å². The van der Waals surface area contributed by atoms with Crippen molar-refractivity contribution >= 4 is 16.0 Å². The lowest BCUT2D eigenvalue weighted by Gasteiger charge is -2.27. The SMILES string of the molecule is Cc1ccc(C#N)cc1S(=O)(=O)N[C@H](C(=O)O)C(C)(C)C. The molecule has 1 rings (SSSR count). The molecule has 0 aliphatic heterocycles. The van der Waals surface area contributed by atoms with Gasteiger partial charge in [-0.3, -0.25) is 4.79 Å². The smallest absolute Gasteiger partial charge is 0.322 e. The minimum atomic E-state index is -4.03. The van der Waals surface area contributed by atoms with Gasteiger partial charge in [0.2, 0.25) is 10.0 Å². The van der Waals surface area contributed by atoms with Gasteiger partial charge in [-0.05, 0) is 30.0 Å². The van der Waals surface area contributed by atoms with E-state index in [1.807, 2.05) is 6.07 Å². The molecule has 0 bridgehead atoms. The lowest BCUT2D eigenvalue weighted by Crippen LogP contribution is -2.49. The average molecular weight is 310 g/mol. The van der Waals surface area contributed by atoms with Crippen molar-refractivity contribution in [2.45, 2.75) is 38.6 Å². The Labute approximate surface area is 124 Å². The first-order valence-corrected chi connectivity index (χ1v) is 7.73. The van der Waals surface area contributed by atoms with Crippen molar-refractivity contribution in [1.82, 2.24) is 4.72 Å². The minimum absolute atomic E-state index is 0.0861. The van der Waals surface area contributed by atoms with Gasteiger partial charge < -0.3 is 5.11 Å². The standard InChI is InChI=1S/C14H18N2O4S/c1-9-5-6-10(8-15)7-11(9)21(19,20)16-12(13(17)18)14(2,3)4/h5-7,12,16H,1-4H3,(H,17,18)/t12-/m1/s1. The van der Waals surface area contributed by atoms with Crippen LogP contribution in [0.4, 0.5) is 0 Å². The van der Waals surface area contributed by atoms with E-state index in [2.05, 4.69) is 4.72 Å². The summed E-state index contributed by atoms with van der Waals surface area (Å²) in [6.07, 6.45) is 0. The van der Waals surface area contributed by atoms with Crippen molar-refractivity contribution in [1.29, 1.82) is 5.26 Å². The molecule has 114 valence electrons. The highest BCUT2D eigenvalue weighted by molar-refractivity contribution is 7.89. The maximum absolute atomic E-state index is 12.4. The van der Waals surface area contributed by atoms with Crippen LogP contribution in [0.3, 0.4) is 0 Å². The van der Waals surface area contributed by atoms with Crippen LogP contribution in [0.5, 0.6) is 0 Å². The molecule has 0 aliphatic carbocycles. The Bertz CT molecular complexity index is 697. The lowest BCUT2D eigenvalue weighted by molar-refractivity contribution is -0.141. The summed E-state index contributed by atoms with van der Waals surface area (Å²) in [5.41, 5.74) is -0.150. The predicted octanol–water partition coefficient (Wildman–Crippen LogP) is 1.64. The predicted molar refractivity (Wildman–Crippen MR) is 77.1 cm³/mol. The molecule has 0 unspecified atom stereocenters. The van der Waals surface area contributed by atoms with E-state index in [9.17, 15) is 18.3 Å². The third-order valence-corrected chi connectivity index (χ3v) is 4.56. The van der Waals surface area contributed by atoms with Gasteiger partial charge in [-0.1, -0.05) is 26.8 Å². The van der Waals surface area contributed by atoms with E-state index in [1.165, 1.54) is 18.2 Å². The highest BCUT2D eigenvalue weighted by Gasteiger charge is 2.35. The molecule has 2 N–H and O–H groups in total. The summed E-state index contributed by atoms with van der Waals surface area (Å²) in [4.78, 5) is 11.2. The first-order valence-electron chi connectivity index (χ1n) is 6.25. The number of sulfonamides is 1. The van der Waals surface area contributed by atoms with Crippen LogP contribution >= 0.6 is 0 Å². The van der Waals surface area contributed by atoms with Gasteiger partial charge in [0.05, 0.1) is 16.5 Å². The molecular weight excluding hydrogens is 292 g/mol. The van der Waals surface area contributed by atoms with Gasteiger partial charge in [0.1, 0.15) is 6.04 Å². The fourth-order valence-electron chi connectivity index (χ4n) is 1.78. The summed E-state index contributed by atoms with van der Waals surface area (Å²) in [6.45, 7) is 6.48. The number of carbonyl (C=O) groups is 1. The van der Waals surface area contributed by atoms with Gasteiger partial charge in [0, 0.05) is 0 Å². The number of aliphatic carboxylic acids is 1. The molecule has 7 heteroatoms. The molecule has 0 fully saturated rings. The van der Waals surface area contributed by atoms with Crippen LogP contribution in [0.25, 0.3) is 0 Å². The highest BCUT2D eigenvalue weighted by Crippen LogP contribution is 2.23. The second-order valence-electron chi connectivity index (χ2n) is 5.85. The number of aryl methyl sites for hydroxylation is 1. The number of carboxylic acids is 1. The molecule has 0 aliphatic rings. The summed E-state index contributed by atoms with van der Waals surface area (Å²) in [7, 11) is -4.03. The first kappa shape index (κ1) is 17.1. The van der Waals surface area contributed by atoms with E-state index in [4.69, 9.17) is 5.26 Å². The third-order valence-electron chi connectivity index (χ3n) is 2.99. The normalized spacial score (nSPS) is 13.5. The van der Waals surface area contributed by atoms with Gasteiger partial charge in [0.25, 0.3) is 0 Å². The quantitative estimate of drug-likeness (QED) is 0.879. The maximum atomic E-state index is 12.4. The average Bonchev–Trinajstić information content (AvgIpc) is 2.35. The zero-order valence-electron chi connectivity index (χ0n) is 12.3. The Morgan fingerprint density at radius 3 is 2.38 bits per heavy atom. The number of hydrogen-bond donors (Lipinski definition) is 2. The molecule has 1 aromatic rings. The number of nitrogens with one attached hydrogen (secondary N) is 1. The summed E-state index contributed by atoms with van der Waals surface area (Å²) in [6, 6.07) is 4.85. The van der Waals surface area contributed by atoms with Crippen molar-refractivity contribution < 1.29 is 18.3 Å². The summed E-state index contributed by atoms with van der Waals surface area (Å²) < 4.78 is 27.0. The number of benzene rings is 1. The first-order chi connectivity index (χ1) is 9.49.